The zero-order chi connectivity index (χ0) is 25.0. The van der Waals surface area contributed by atoms with Gasteiger partial charge in [-0.15, -0.1) is 10.2 Å². The highest BCUT2D eigenvalue weighted by Gasteiger charge is 2.38. The first-order valence-corrected chi connectivity index (χ1v) is 12.8. The number of nitrogens with two attached hydrogens (primary N) is 1. The van der Waals surface area contributed by atoms with Crippen LogP contribution in [0, 0.1) is 5.92 Å². The molecule has 8 nitrogen and oxygen atoms in total. The van der Waals surface area contributed by atoms with Crippen LogP contribution < -0.4 is 21.3 Å². The second-order valence-corrected chi connectivity index (χ2v) is 9.90. The van der Waals surface area contributed by atoms with Crippen molar-refractivity contribution in [3.63, 3.8) is 0 Å². The van der Waals surface area contributed by atoms with E-state index in [0.717, 1.165) is 50.0 Å². The van der Waals surface area contributed by atoms with Crippen LogP contribution in [0.5, 0.6) is 5.75 Å². The summed E-state index contributed by atoms with van der Waals surface area (Å²) in [5.41, 5.74) is 8.96. The molecule has 5 rings (SSSR count). The molecular formula is C28H34N6O2. The Labute approximate surface area is 211 Å². The fourth-order valence-electron chi connectivity index (χ4n) is 5.50. The SMILES string of the molecule is Nc1nnc(-c2ccccc2O)cc1N1CCC(NC(=O)CC2CCNCC2)(c2ccccc2)CC1. The number of nitrogens with one attached hydrogen (secondary N) is 2. The van der Waals surface area contributed by atoms with Crippen LogP contribution in [0.1, 0.15) is 37.7 Å². The normalized spacial score (nSPS) is 18.1. The summed E-state index contributed by atoms with van der Waals surface area (Å²) in [5.74, 6) is 1.08. The quantitative estimate of drug-likeness (QED) is 0.422. The molecule has 5 N–H and O–H groups in total. The van der Waals surface area contributed by atoms with Crippen molar-refractivity contribution in [1.82, 2.24) is 20.8 Å². The third kappa shape index (κ3) is 5.14. The molecule has 3 heterocycles. The summed E-state index contributed by atoms with van der Waals surface area (Å²) >= 11 is 0. The topological polar surface area (TPSA) is 116 Å². The minimum Gasteiger partial charge on any atom is -0.507 e. The molecule has 36 heavy (non-hydrogen) atoms. The van der Waals surface area contributed by atoms with Crippen LogP contribution >= 0.6 is 0 Å². The number of hydrogen-bond acceptors (Lipinski definition) is 7. The van der Waals surface area contributed by atoms with Crippen LogP contribution in [-0.4, -0.2) is 47.4 Å². The Hall–Kier alpha value is -3.65. The molecule has 2 fully saturated rings. The highest BCUT2D eigenvalue weighted by atomic mass is 16.3. The Morgan fingerprint density at radius 3 is 2.47 bits per heavy atom. The molecule has 1 aromatic heterocycles. The van der Waals surface area contributed by atoms with Crippen LogP contribution in [0.3, 0.4) is 0 Å². The number of rotatable bonds is 6. The number of phenolic OH excluding ortho intramolecular Hbond substituents is 1. The van der Waals surface area contributed by atoms with E-state index >= 15 is 0 Å². The molecule has 8 heteroatoms. The lowest BCUT2D eigenvalue weighted by Crippen LogP contribution is -2.53. The van der Waals surface area contributed by atoms with Crippen molar-refractivity contribution in [1.29, 1.82) is 0 Å². The van der Waals surface area contributed by atoms with Crippen LogP contribution in [0.25, 0.3) is 11.3 Å². The van der Waals surface area contributed by atoms with Gasteiger partial charge in [0.1, 0.15) is 5.75 Å². The minimum atomic E-state index is -0.419. The number of anilines is 2. The Morgan fingerprint density at radius 2 is 1.75 bits per heavy atom. The summed E-state index contributed by atoms with van der Waals surface area (Å²) in [6.07, 6.45) is 4.18. The minimum absolute atomic E-state index is 0.131. The lowest BCUT2D eigenvalue weighted by atomic mass is 9.80. The van der Waals surface area contributed by atoms with Crippen LogP contribution in [0.2, 0.25) is 0 Å². The molecule has 3 aromatic rings. The first-order chi connectivity index (χ1) is 17.5. The molecule has 2 saturated heterocycles. The summed E-state index contributed by atoms with van der Waals surface area (Å²) in [4.78, 5) is 15.4. The van der Waals surface area contributed by atoms with Crippen molar-refractivity contribution in [2.45, 2.75) is 37.6 Å². The van der Waals surface area contributed by atoms with E-state index in [0.29, 0.717) is 42.5 Å². The van der Waals surface area contributed by atoms with Crippen molar-refractivity contribution in [3.8, 4) is 17.0 Å². The maximum absolute atomic E-state index is 13.2. The maximum Gasteiger partial charge on any atom is 0.220 e. The van der Waals surface area contributed by atoms with Gasteiger partial charge in [0, 0.05) is 25.1 Å². The van der Waals surface area contributed by atoms with Crippen LogP contribution in [0.4, 0.5) is 11.5 Å². The van der Waals surface area contributed by atoms with E-state index < -0.39 is 5.54 Å². The number of amides is 1. The van der Waals surface area contributed by atoms with Crippen molar-refractivity contribution >= 4 is 17.4 Å². The number of carbonyl (C=O) groups excluding carboxylic acids is 1. The molecule has 188 valence electrons. The van der Waals surface area contributed by atoms with Crippen molar-refractivity contribution in [2.75, 3.05) is 36.8 Å². The second-order valence-electron chi connectivity index (χ2n) is 9.90. The number of piperidine rings is 2. The third-order valence-corrected chi connectivity index (χ3v) is 7.58. The molecule has 2 aliphatic heterocycles. The Balaban J connectivity index is 1.35. The van der Waals surface area contributed by atoms with Crippen molar-refractivity contribution in [2.24, 2.45) is 5.92 Å². The van der Waals surface area contributed by atoms with Crippen LogP contribution in [-0.2, 0) is 10.3 Å². The molecule has 2 aromatic carbocycles. The van der Waals surface area contributed by atoms with Gasteiger partial charge >= 0.3 is 0 Å². The molecule has 2 aliphatic rings. The lowest BCUT2D eigenvalue weighted by Gasteiger charge is -2.44. The summed E-state index contributed by atoms with van der Waals surface area (Å²) in [6, 6.07) is 19.3. The predicted molar refractivity (Wildman–Crippen MR) is 141 cm³/mol. The van der Waals surface area contributed by atoms with Crippen molar-refractivity contribution < 1.29 is 9.90 Å². The monoisotopic (exact) mass is 486 g/mol. The Bertz CT molecular complexity index is 1190. The van der Waals surface area contributed by atoms with E-state index in [1.54, 1.807) is 12.1 Å². The Kier molecular flexibility index (Phi) is 7.04. The summed E-state index contributed by atoms with van der Waals surface area (Å²) in [6.45, 7) is 3.39. The first-order valence-electron chi connectivity index (χ1n) is 12.8. The molecule has 1 amide bonds. The zero-order valence-corrected chi connectivity index (χ0v) is 20.5. The van der Waals surface area contributed by atoms with Crippen LogP contribution in [0.15, 0.2) is 60.7 Å². The van der Waals surface area contributed by atoms with Gasteiger partial charge in [0.25, 0.3) is 0 Å². The lowest BCUT2D eigenvalue weighted by molar-refractivity contribution is -0.124. The number of nitrogens with zero attached hydrogens (tertiary/aromatic N) is 3. The van der Waals surface area contributed by atoms with Gasteiger partial charge in [-0.2, -0.15) is 0 Å². The summed E-state index contributed by atoms with van der Waals surface area (Å²) in [5, 5.41) is 25.5. The van der Waals surface area contributed by atoms with Gasteiger partial charge in [-0.25, -0.2) is 0 Å². The second kappa shape index (κ2) is 10.5. The summed E-state index contributed by atoms with van der Waals surface area (Å²) in [7, 11) is 0. The first kappa shape index (κ1) is 24.1. The number of carbonyl (C=O) groups is 1. The number of nitrogen functional groups attached to an aromatic ring is 1. The van der Waals surface area contributed by atoms with Gasteiger partial charge in [0.05, 0.1) is 16.9 Å². The van der Waals surface area contributed by atoms with E-state index in [-0.39, 0.29) is 11.7 Å². The van der Waals surface area contributed by atoms with Crippen molar-refractivity contribution in [3.05, 3.63) is 66.2 Å². The number of phenols is 1. The number of para-hydroxylation sites is 1. The molecule has 0 aliphatic carbocycles. The standard InChI is InChI=1S/C28H34N6O2/c29-27-24(19-23(32-33-27)22-8-4-5-9-25(22)35)34-16-12-28(13-17-34,21-6-2-1-3-7-21)31-26(36)18-20-10-14-30-15-11-20/h1-9,19-20,30,35H,10-18H2,(H2,29,33)(H,31,36). The van der Waals surface area contributed by atoms with Gasteiger partial charge < -0.3 is 26.4 Å². The van der Waals surface area contributed by atoms with E-state index in [1.165, 1.54) is 0 Å². The smallest absolute Gasteiger partial charge is 0.220 e. The number of aromatic hydroxyl groups is 1. The van der Waals surface area contributed by atoms with Gasteiger partial charge in [-0.1, -0.05) is 42.5 Å². The molecule has 0 spiro atoms. The summed E-state index contributed by atoms with van der Waals surface area (Å²) < 4.78 is 0. The average Bonchev–Trinajstić information content (AvgIpc) is 2.91. The number of hydrogen-bond donors (Lipinski definition) is 4. The van der Waals surface area contributed by atoms with Gasteiger partial charge in [-0.3, -0.25) is 4.79 Å². The third-order valence-electron chi connectivity index (χ3n) is 7.58. The van der Waals surface area contributed by atoms with E-state index in [2.05, 4.69) is 37.9 Å². The largest absolute Gasteiger partial charge is 0.507 e. The van der Waals surface area contributed by atoms with Gasteiger partial charge in [0.15, 0.2) is 5.82 Å². The average molecular weight is 487 g/mol. The molecule has 0 unspecified atom stereocenters. The highest BCUT2D eigenvalue weighted by molar-refractivity contribution is 5.78. The number of aromatic nitrogens is 2. The van der Waals surface area contributed by atoms with Gasteiger partial charge in [0.2, 0.25) is 5.91 Å². The maximum atomic E-state index is 13.2. The molecule has 0 radical (unpaired) electrons. The number of benzene rings is 2. The van der Waals surface area contributed by atoms with E-state index in [4.69, 9.17) is 5.73 Å². The molecule has 0 atom stereocenters. The molecule has 0 saturated carbocycles. The van der Waals surface area contributed by atoms with E-state index in [1.807, 2.05) is 36.4 Å². The predicted octanol–water partition coefficient (Wildman–Crippen LogP) is 3.43. The fourth-order valence-corrected chi connectivity index (χ4v) is 5.50. The fraction of sp³-hybridized carbons (Fsp3) is 0.393. The Morgan fingerprint density at radius 1 is 1.06 bits per heavy atom. The van der Waals surface area contributed by atoms with E-state index in [9.17, 15) is 9.90 Å². The molecule has 0 bridgehead atoms. The zero-order valence-electron chi connectivity index (χ0n) is 20.5. The highest BCUT2D eigenvalue weighted by Crippen LogP contribution is 2.38. The van der Waals surface area contributed by atoms with Gasteiger partial charge in [-0.05, 0) is 68.5 Å². The molecular weight excluding hydrogens is 452 g/mol.